The molecule has 1 unspecified atom stereocenters. The lowest BCUT2D eigenvalue weighted by molar-refractivity contribution is -0.292. The maximum absolute atomic E-state index is 11.2. The topological polar surface area (TPSA) is 41.9 Å². The van der Waals surface area contributed by atoms with Gasteiger partial charge in [0.05, 0.1) is 12.6 Å². The van der Waals surface area contributed by atoms with E-state index in [9.17, 15) is 4.91 Å². The lowest BCUT2D eigenvalue weighted by atomic mass is 9.74. The molecule has 0 aliphatic carbocycles. The zero-order valence-electron chi connectivity index (χ0n) is 14.9. The summed E-state index contributed by atoms with van der Waals surface area (Å²) in [4.78, 5) is 17.4. The minimum Gasteiger partial charge on any atom is -0.298 e. The summed E-state index contributed by atoms with van der Waals surface area (Å²) in [6.45, 7) is 9.34. The molecule has 4 heteroatoms. The second kappa shape index (κ2) is 7.54. The first-order valence-electron chi connectivity index (χ1n) is 8.77. The summed E-state index contributed by atoms with van der Waals surface area (Å²) in [6, 6.07) is 10.3. The molecule has 1 atom stereocenters. The highest BCUT2D eigenvalue weighted by molar-refractivity contribution is 5.14. The smallest absolute Gasteiger partial charge is 0.0956 e. The predicted octanol–water partition coefficient (Wildman–Crippen LogP) is 4.73. The molecule has 1 aliphatic rings. The fraction of sp³-hybridized carbons (Fsp3) is 0.684. The minimum atomic E-state index is -0.181. The molecule has 128 valence electrons. The van der Waals surface area contributed by atoms with Crippen molar-refractivity contribution >= 4 is 0 Å². The first-order chi connectivity index (χ1) is 11.0. The molecule has 0 saturated carbocycles. The monoisotopic (exact) mass is 318 g/mol. The maximum atomic E-state index is 11.2. The Morgan fingerprint density at radius 3 is 2.39 bits per heavy atom. The predicted molar refractivity (Wildman–Crippen MR) is 94.1 cm³/mol. The van der Waals surface area contributed by atoms with Crippen molar-refractivity contribution in [3.05, 3.63) is 40.8 Å². The average Bonchev–Trinajstić information content (AvgIpc) is 2.56. The maximum Gasteiger partial charge on any atom is 0.0956 e. The van der Waals surface area contributed by atoms with Gasteiger partial charge >= 0.3 is 0 Å². The highest BCUT2D eigenvalue weighted by Gasteiger charge is 2.50. The Morgan fingerprint density at radius 1 is 1.17 bits per heavy atom. The summed E-state index contributed by atoms with van der Waals surface area (Å²) in [5.41, 5.74) is 1.00. The fourth-order valence-corrected chi connectivity index (χ4v) is 4.01. The van der Waals surface area contributed by atoms with Gasteiger partial charge in [0.15, 0.2) is 0 Å². The zero-order chi connectivity index (χ0) is 16.9. The number of nitrogens with zero attached hydrogens (tertiary/aromatic N) is 2. The summed E-state index contributed by atoms with van der Waals surface area (Å²) in [5.74, 6) is 0. The summed E-state index contributed by atoms with van der Waals surface area (Å²) < 4.78 is 0. The van der Waals surface area contributed by atoms with Gasteiger partial charge < -0.3 is 0 Å². The second-order valence-electron chi connectivity index (χ2n) is 7.27. The van der Waals surface area contributed by atoms with Gasteiger partial charge in [0.25, 0.3) is 0 Å². The van der Waals surface area contributed by atoms with Gasteiger partial charge in [0.2, 0.25) is 0 Å². The van der Waals surface area contributed by atoms with Crippen molar-refractivity contribution in [3.63, 3.8) is 0 Å². The summed E-state index contributed by atoms with van der Waals surface area (Å²) >= 11 is 0. The van der Waals surface area contributed by atoms with Gasteiger partial charge in [-0.15, -0.1) is 0 Å². The molecule has 0 spiro atoms. The third kappa shape index (κ3) is 3.99. The molecule has 1 aromatic carbocycles. The molecular weight excluding hydrogens is 288 g/mol. The van der Waals surface area contributed by atoms with E-state index in [1.165, 1.54) is 5.56 Å². The number of nitroso groups, excluding NO2 is 1. The van der Waals surface area contributed by atoms with Crippen LogP contribution < -0.4 is 0 Å². The van der Waals surface area contributed by atoms with Crippen LogP contribution in [0.15, 0.2) is 35.5 Å². The van der Waals surface area contributed by atoms with Crippen LogP contribution >= 0.6 is 0 Å². The van der Waals surface area contributed by atoms with Crippen molar-refractivity contribution in [3.8, 4) is 0 Å². The average molecular weight is 318 g/mol. The molecule has 0 N–H and O–H groups in total. The summed E-state index contributed by atoms with van der Waals surface area (Å²) in [5, 5.41) is 5.55. The highest BCUT2D eigenvalue weighted by atomic mass is 16.7. The normalized spacial score (nSPS) is 23.6. The molecule has 1 aromatic rings. The Labute approximate surface area is 140 Å². The molecule has 0 amide bonds. The Balaban J connectivity index is 2.10. The van der Waals surface area contributed by atoms with E-state index in [0.29, 0.717) is 6.61 Å². The molecule has 2 rings (SSSR count). The van der Waals surface area contributed by atoms with Crippen molar-refractivity contribution in [2.24, 2.45) is 5.18 Å². The van der Waals surface area contributed by atoms with Gasteiger partial charge in [0, 0.05) is 11.1 Å². The highest BCUT2D eigenvalue weighted by Crippen LogP contribution is 2.43. The van der Waals surface area contributed by atoms with Crippen LogP contribution in [0.5, 0.6) is 0 Å². The van der Waals surface area contributed by atoms with Gasteiger partial charge in [0.1, 0.15) is 0 Å². The molecule has 1 fully saturated rings. The van der Waals surface area contributed by atoms with E-state index in [1.807, 2.05) is 6.07 Å². The number of rotatable bonds is 7. The van der Waals surface area contributed by atoms with Crippen LogP contribution in [0.1, 0.15) is 58.9 Å². The molecule has 1 heterocycles. The lowest BCUT2D eigenvalue weighted by Gasteiger charge is -2.55. The third-order valence-corrected chi connectivity index (χ3v) is 5.25. The van der Waals surface area contributed by atoms with E-state index < -0.39 is 0 Å². The van der Waals surface area contributed by atoms with E-state index in [0.717, 1.165) is 32.1 Å². The summed E-state index contributed by atoms with van der Waals surface area (Å²) in [6.07, 6.45) is 4.36. The molecule has 4 nitrogen and oxygen atoms in total. The molecular formula is C19H30N2O2. The van der Waals surface area contributed by atoms with E-state index in [1.54, 1.807) is 0 Å². The molecule has 1 saturated heterocycles. The van der Waals surface area contributed by atoms with Crippen LogP contribution in [0.4, 0.5) is 0 Å². The first-order valence-corrected chi connectivity index (χ1v) is 8.77. The Bertz CT molecular complexity index is 497. The summed E-state index contributed by atoms with van der Waals surface area (Å²) in [7, 11) is 0. The lowest BCUT2D eigenvalue weighted by Crippen LogP contribution is -2.63. The van der Waals surface area contributed by atoms with E-state index in [4.69, 9.17) is 4.84 Å². The SMILES string of the molecule is CCC1(CC)CC(N=O)CC(C)(C)N1OCCc1ccccc1. The van der Waals surface area contributed by atoms with Crippen LogP contribution in [0.25, 0.3) is 0 Å². The standard InChI is InChI=1S/C19H30N2O2/c1-5-19(6-2)15-17(20-22)14-18(3,4)21(19)23-13-12-16-10-8-7-9-11-16/h7-11,17H,5-6,12-15H2,1-4H3. The first kappa shape index (κ1) is 18.1. The van der Waals surface area contributed by atoms with Gasteiger partial charge in [-0.2, -0.15) is 9.97 Å². The molecule has 0 bridgehead atoms. The van der Waals surface area contributed by atoms with Crippen LogP contribution in [0, 0.1) is 4.91 Å². The molecule has 23 heavy (non-hydrogen) atoms. The largest absolute Gasteiger partial charge is 0.298 e. The number of hydrogen-bond acceptors (Lipinski definition) is 4. The van der Waals surface area contributed by atoms with E-state index in [-0.39, 0.29) is 17.1 Å². The minimum absolute atomic E-state index is 0.100. The Hall–Kier alpha value is -1.26. The number of piperidine rings is 1. The third-order valence-electron chi connectivity index (χ3n) is 5.25. The van der Waals surface area contributed by atoms with Gasteiger partial charge in [-0.3, -0.25) is 4.84 Å². The van der Waals surface area contributed by atoms with E-state index in [2.05, 4.69) is 62.2 Å². The van der Waals surface area contributed by atoms with Gasteiger partial charge in [-0.05, 0) is 51.5 Å². The van der Waals surface area contributed by atoms with Gasteiger partial charge in [-0.1, -0.05) is 49.4 Å². The van der Waals surface area contributed by atoms with Crippen molar-refractivity contribution in [2.45, 2.75) is 76.9 Å². The zero-order valence-corrected chi connectivity index (χ0v) is 14.9. The Morgan fingerprint density at radius 2 is 1.83 bits per heavy atom. The second-order valence-corrected chi connectivity index (χ2v) is 7.27. The number of hydroxylamine groups is 2. The van der Waals surface area contributed by atoms with Crippen molar-refractivity contribution in [1.82, 2.24) is 5.06 Å². The van der Waals surface area contributed by atoms with Crippen LogP contribution in [-0.2, 0) is 11.3 Å². The van der Waals surface area contributed by atoms with Crippen LogP contribution in [0.2, 0.25) is 0 Å². The van der Waals surface area contributed by atoms with Crippen LogP contribution in [0.3, 0.4) is 0 Å². The quantitative estimate of drug-likeness (QED) is 0.683. The van der Waals surface area contributed by atoms with Crippen molar-refractivity contribution in [1.29, 1.82) is 0 Å². The fourth-order valence-electron chi connectivity index (χ4n) is 4.01. The Kier molecular flexibility index (Phi) is 5.93. The van der Waals surface area contributed by atoms with E-state index >= 15 is 0 Å². The molecule has 1 aliphatic heterocycles. The van der Waals surface area contributed by atoms with Crippen LogP contribution in [-0.4, -0.2) is 28.8 Å². The van der Waals surface area contributed by atoms with Crippen molar-refractivity contribution < 1.29 is 4.84 Å². The van der Waals surface area contributed by atoms with Crippen molar-refractivity contribution in [2.75, 3.05) is 6.61 Å². The molecule has 0 aromatic heterocycles. The molecule has 0 radical (unpaired) electrons. The number of benzene rings is 1. The number of hydrogen-bond donors (Lipinski definition) is 0. The van der Waals surface area contributed by atoms with Gasteiger partial charge in [-0.25, -0.2) is 0 Å².